The van der Waals surface area contributed by atoms with Crippen LogP contribution in [0.2, 0.25) is 0 Å². The predicted octanol–water partition coefficient (Wildman–Crippen LogP) is 5.23. The normalized spacial score (nSPS) is 10.9. The first-order chi connectivity index (χ1) is 13.6. The molecule has 2 heterocycles. The van der Waals surface area contributed by atoms with Gasteiger partial charge in [-0.25, -0.2) is 4.39 Å². The molecule has 0 radical (unpaired) electrons. The Morgan fingerprint density at radius 1 is 0.964 bits per heavy atom. The van der Waals surface area contributed by atoms with Crippen molar-refractivity contribution in [2.45, 2.75) is 13.8 Å². The highest BCUT2D eigenvalue weighted by molar-refractivity contribution is 5.73. The van der Waals surface area contributed by atoms with Gasteiger partial charge in [0.2, 0.25) is 5.82 Å². The van der Waals surface area contributed by atoms with Crippen LogP contribution in [0.15, 0.2) is 59.3 Å². The lowest BCUT2D eigenvalue weighted by Crippen LogP contribution is -1.91. The first-order valence-corrected chi connectivity index (χ1v) is 8.77. The van der Waals surface area contributed by atoms with Gasteiger partial charge >= 0.3 is 0 Å². The van der Waals surface area contributed by atoms with Gasteiger partial charge in [0, 0.05) is 23.0 Å². The fourth-order valence-electron chi connectivity index (χ4n) is 3.17. The van der Waals surface area contributed by atoms with Crippen LogP contribution in [0.5, 0.6) is 5.75 Å². The molecule has 4 aromatic rings. The Labute approximate surface area is 161 Å². The molecule has 5 nitrogen and oxygen atoms in total. The van der Waals surface area contributed by atoms with Crippen molar-refractivity contribution >= 4 is 0 Å². The van der Waals surface area contributed by atoms with Gasteiger partial charge in [0.25, 0.3) is 5.89 Å². The number of pyridine rings is 1. The Morgan fingerprint density at radius 2 is 1.82 bits per heavy atom. The number of nitrogens with zero attached hydrogens (tertiary/aromatic N) is 3. The molecule has 0 aliphatic carbocycles. The topological polar surface area (TPSA) is 61.0 Å². The second kappa shape index (κ2) is 7.23. The number of aromatic nitrogens is 3. The maximum absolute atomic E-state index is 13.6. The first kappa shape index (κ1) is 17.9. The van der Waals surface area contributed by atoms with Gasteiger partial charge in [-0.1, -0.05) is 17.3 Å². The van der Waals surface area contributed by atoms with Crippen LogP contribution in [0.4, 0.5) is 4.39 Å². The monoisotopic (exact) mass is 375 g/mol. The Bertz CT molecular complexity index is 1150. The molecule has 2 aromatic heterocycles. The van der Waals surface area contributed by atoms with E-state index >= 15 is 0 Å². The molecule has 0 unspecified atom stereocenters. The molecule has 0 spiro atoms. The highest BCUT2D eigenvalue weighted by Gasteiger charge is 2.16. The third-order valence-corrected chi connectivity index (χ3v) is 4.60. The number of rotatable bonds is 4. The molecule has 0 amide bonds. The number of halogens is 1. The minimum Gasteiger partial charge on any atom is -0.496 e. The Hall–Kier alpha value is -3.54. The van der Waals surface area contributed by atoms with E-state index in [0.717, 1.165) is 27.9 Å². The summed E-state index contributed by atoms with van der Waals surface area (Å²) in [5.41, 5.74) is 5.45. The lowest BCUT2D eigenvalue weighted by atomic mass is 9.97. The van der Waals surface area contributed by atoms with E-state index in [-0.39, 0.29) is 5.82 Å². The maximum atomic E-state index is 13.6. The van der Waals surface area contributed by atoms with E-state index in [9.17, 15) is 4.39 Å². The van der Waals surface area contributed by atoms with Crippen molar-refractivity contribution in [3.63, 3.8) is 0 Å². The molecule has 140 valence electrons. The van der Waals surface area contributed by atoms with E-state index in [1.54, 1.807) is 6.20 Å². The molecule has 2 aromatic carbocycles. The van der Waals surface area contributed by atoms with Gasteiger partial charge in [0.1, 0.15) is 11.6 Å². The molecule has 0 fully saturated rings. The van der Waals surface area contributed by atoms with Crippen LogP contribution < -0.4 is 4.74 Å². The fourth-order valence-corrected chi connectivity index (χ4v) is 3.17. The Kier molecular flexibility index (Phi) is 4.61. The summed E-state index contributed by atoms with van der Waals surface area (Å²) < 4.78 is 24.3. The van der Waals surface area contributed by atoms with Crippen LogP contribution in [0.1, 0.15) is 11.3 Å². The second-order valence-electron chi connectivity index (χ2n) is 6.43. The number of methoxy groups -OCH3 is 1. The van der Waals surface area contributed by atoms with Crippen LogP contribution in [0.25, 0.3) is 34.0 Å². The van der Waals surface area contributed by atoms with Crippen molar-refractivity contribution in [2.75, 3.05) is 7.11 Å². The van der Waals surface area contributed by atoms with E-state index in [4.69, 9.17) is 9.26 Å². The summed E-state index contributed by atoms with van der Waals surface area (Å²) in [7, 11) is 1.51. The predicted molar refractivity (Wildman–Crippen MR) is 104 cm³/mol. The molecule has 0 saturated carbocycles. The van der Waals surface area contributed by atoms with Crippen LogP contribution in [0, 0.1) is 19.7 Å². The van der Waals surface area contributed by atoms with Gasteiger partial charge in [-0.3, -0.25) is 4.98 Å². The number of benzene rings is 2. The molecule has 0 aliphatic heterocycles. The van der Waals surface area contributed by atoms with Crippen molar-refractivity contribution in [2.24, 2.45) is 0 Å². The molecule has 28 heavy (non-hydrogen) atoms. The summed E-state index contributed by atoms with van der Waals surface area (Å²) >= 11 is 0. The average Bonchev–Trinajstić information content (AvgIpc) is 3.19. The van der Waals surface area contributed by atoms with Crippen LogP contribution >= 0.6 is 0 Å². The largest absolute Gasteiger partial charge is 0.496 e. The number of aryl methyl sites for hydroxylation is 2. The molecule has 0 N–H and O–H groups in total. The van der Waals surface area contributed by atoms with Crippen LogP contribution in [-0.2, 0) is 0 Å². The van der Waals surface area contributed by atoms with Crippen molar-refractivity contribution in [1.82, 2.24) is 15.1 Å². The lowest BCUT2D eigenvalue weighted by Gasteiger charge is -2.09. The van der Waals surface area contributed by atoms with Gasteiger partial charge in [-0.2, -0.15) is 4.98 Å². The van der Waals surface area contributed by atoms with E-state index < -0.39 is 5.82 Å². The molecule has 0 bridgehead atoms. The summed E-state index contributed by atoms with van der Waals surface area (Å²) in [4.78, 5) is 8.78. The first-order valence-electron chi connectivity index (χ1n) is 8.77. The van der Waals surface area contributed by atoms with Gasteiger partial charge in [0.15, 0.2) is 0 Å². The lowest BCUT2D eigenvalue weighted by molar-refractivity contribution is 0.412. The number of ether oxygens (including phenoxy) is 1. The van der Waals surface area contributed by atoms with Crippen LogP contribution in [-0.4, -0.2) is 22.2 Å². The molecule has 0 atom stereocenters. The summed E-state index contributed by atoms with van der Waals surface area (Å²) in [5, 5.41) is 3.99. The average molecular weight is 375 g/mol. The Morgan fingerprint density at radius 3 is 2.57 bits per heavy atom. The summed E-state index contributed by atoms with van der Waals surface area (Å²) in [5.74, 6) is 0.719. The van der Waals surface area contributed by atoms with Crippen molar-refractivity contribution in [3.05, 3.63) is 71.8 Å². The zero-order chi connectivity index (χ0) is 19.7. The van der Waals surface area contributed by atoms with Crippen molar-refractivity contribution in [1.29, 1.82) is 0 Å². The minimum absolute atomic E-state index is 0.274. The molecule has 6 heteroatoms. The van der Waals surface area contributed by atoms with Crippen molar-refractivity contribution in [3.8, 4) is 39.7 Å². The van der Waals surface area contributed by atoms with E-state index in [2.05, 4.69) is 15.1 Å². The number of hydrogen-bond acceptors (Lipinski definition) is 5. The van der Waals surface area contributed by atoms with Crippen molar-refractivity contribution < 1.29 is 13.7 Å². The van der Waals surface area contributed by atoms with E-state index in [1.165, 1.54) is 25.3 Å². The van der Waals surface area contributed by atoms with Gasteiger partial charge in [-0.05, 0) is 61.4 Å². The zero-order valence-electron chi connectivity index (χ0n) is 15.7. The van der Waals surface area contributed by atoms with Gasteiger partial charge in [-0.15, -0.1) is 0 Å². The van der Waals surface area contributed by atoms with Gasteiger partial charge < -0.3 is 9.26 Å². The molecular formula is C22H18FN3O2. The third-order valence-electron chi connectivity index (χ3n) is 4.60. The van der Waals surface area contributed by atoms with Gasteiger partial charge in [0.05, 0.1) is 12.7 Å². The van der Waals surface area contributed by atoms with Crippen LogP contribution in [0.3, 0.4) is 0 Å². The minimum atomic E-state index is -0.394. The summed E-state index contributed by atoms with van der Waals surface area (Å²) in [6, 6.07) is 14.1. The van der Waals surface area contributed by atoms with E-state index in [1.807, 2.05) is 44.2 Å². The molecule has 0 aliphatic rings. The SMILES string of the molecule is COc1ccc(F)cc1-c1noc(-c2ccc(-c3cccnc3C)c(C)c2)n1. The fraction of sp³-hybridized carbons (Fsp3) is 0.136. The number of hydrogen-bond donors (Lipinski definition) is 0. The summed E-state index contributed by atoms with van der Waals surface area (Å²) in [6.45, 7) is 4.01. The highest BCUT2D eigenvalue weighted by atomic mass is 19.1. The highest BCUT2D eigenvalue weighted by Crippen LogP contribution is 2.32. The standard InChI is InChI=1S/C22H18FN3O2/c1-13-11-15(6-8-17(13)18-5-4-10-24-14(18)2)22-25-21(26-28-22)19-12-16(23)7-9-20(19)27-3/h4-12H,1-3H3. The third kappa shape index (κ3) is 3.24. The summed E-state index contributed by atoms with van der Waals surface area (Å²) in [6.07, 6.45) is 1.78. The molecule has 4 rings (SSSR count). The Balaban J connectivity index is 1.71. The zero-order valence-corrected chi connectivity index (χ0v) is 15.7. The molecular weight excluding hydrogens is 357 g/mol. The second-order valence-corrected chi connectivity index (χ2v) is 6.43. The quantitative estimate of drug-likeness (QED) is 0.489. The maximum Gasteiger partial charge on any atom is 0.258 e. The van der Waals surface area contributed by atoms with E-state index in [0.29, 0.717) is 17.2 Å². The smallest absolute Gasteiger partial charge is 0.258 e. The molecule has 0 saturated heterocycles.